The van der Waals surface area contributed by atoms with Gasteiger partial charge in [0.05, 0.1) is 5.69 Å². The van der Waals surface area contributed by atoms with Crippen molar-refractivity contribution < 1.29 is 4.39 Å². The van der Waals surface area contributed by atoms with Crippen LogP contribution in [0.1, 0.15) is 5.56 Å². The van der Waals surface area contributed by atoms with E-state index in [4.69, 9.17) is 11.6 Å². The Hall–Kier alpha value is -1.19. The predicted octanol–water partition coefficient (Wildman–Crippen LogP) is 4.61. The summed E-state index contributed by atoms with van der Waals surface area (Å²) in [5, 5.41) is 4.14. The fourth-order valence-electron chi connectivity index (χ4n) is 2.22. The molecule has 98 valence electrons. The Labute approximate surface area is 121 Å². The first-order valence-corrected chi connectivity index (χ1v) is 7.41. The molecule has 0 aliphatic carbocycles. The summed E-state index contributed by atoms with van der Waals surface area (Å²) in [5.41, 5.74) is 1.86. The van der Waals surface area contributed by atoms with Crippen LogP contribution in [0.5, 0.6) is 0 Å². The van der Waals surface area contributed by atoms with E-state index in [1.807, 2.05) is 11.8 Å². The third-order valence-corrected chi connectivity index (χ3v) is 4.72. The molecule has 1 nitrogen and oxygen atoms in total. The second-order valence-electron chi connectivity index (χ2n) is 4.56. The Balaban J connectivity index is 1.64. The van der Waals surface area contributed by atoms with Gasteiger partial charge in [0.15, 0.2) is 0 Å². The molecule has 1 N–H and O–H groups in total. The monoisotopic (exact) mass is 293 g/mol. The van der Waals surface area contributed by atoms with Crippen molar-refractivity contribution in [1.82, 2.24) is 0 Å². The van der Waals surface area contributed by atoms with Crippen molar-refractivity contribution in [2.75, 3.05) is 11.9 Å². The van der Waals surface area contributed by atoms with Crippen molar-refractivity contribution in [3.63, 3.8) is 0 Å². The predicted molar refractivity (Wildman–Crippen MR) is 79.7 cm³/mol. The SMILES string of the molecule is Fc1ccc(Cl)cc1NCC1Cc2ccccc2S1. The van der Waals surface area contributed by atoms with Crippen molar-refractivity contribution in [3.05, 3.63) is 58.9 Å². The fraction of sp³-hybridized carbons (Fsp3) is 0.200. The van der Waals surface area contributed by atoms with Crippen LogP contribution in [0.15, 0.2) is 47.4 Å². The maximum atomic E-state index is 13.6. The second-order valence-corrected chi connectivity index (χ2v) is 6.34. The molecule has 2 aromatic rings. The number of thioether (sulfide) groups is 1. The summed E-state index contributed by atoms with van der Waals surface area (Å²) in [5.74, 6) is -0.259. The van der Waals surface area contributed by atoms with Crippen LogP contribution in [0.2, 0.25) is 5.02 Å². The first-order chi connectivity index (χ1) is 9.22. The van der Waals surface area contributed by atoms with Crippen LogP contribution in [0.3, 0.4) is 0 Å². The standard InChI is InChI=1S/C15H13ClFNS/c16-11-5-6-13(17)14(8-11)18-9-12-7-10-3-1-2-4-15(10)19-12/h1-6,8,12,18H,7,9H2. The minimum Gasteiger partial charge on any atom is -0.382 e. The van der Waals surface area contributed by atoms with Gasteiger partial charge in [0.25, 0.3) is 0 Å². The molecule has 1 heterocycles. The van der Waals surface area contributed by atoms with E-state index in [1.165, 1.54) is 16.5 Å². The first kappa shape index (κ1) is 12.8. The van der Waals surface area contributed by atoms with Crippen molar-refractivity contribution in [2.45, 2.75) is 16.6 Å². The molecule has 1 aliphatic rings. The zero-order valence-corrected chi connectivity index (χ0v) is 11.8. The lowest BCUT2D eigenvalue weighted by molar-refractivity contribution is 0.630. The summed E-state index contributed by atoms with van der Waals surface area (Å²) < 4.78 is 13.6. The molecule has 1 atom stereocenters. The summed E-state index contributed by atoms with van der Waals surface area (Å²) in [7, 11) is 0. The lowest BCUT2D eigenvalue weighted by Crippen LogP contribution is -2.16. The average molecular weight is 294 g/mol. The van der Waals surface area contributed by atoms with E-state index in [2.05, 4.69) is 29.6 Å². The van der Waals surface area contributed by atoms with E-state index in [9.17, 15) is 4.39 Å². The van der Waals surface area contributed by atoms with Crippen molar-refractivity contribution >= 4 is 29.1 Å². The van der Waals surface area contributed by atoms with Crippen LogP contribution in [0, 0.1) is 5.82 Å². The van der Waals surface area contributed by atoms with E-state index in [-0.39, 0.29) is 5.82 Å². The molecule has 1 unspecified atom stereocenters. The van der Waals surface area contributed by atoms with Crippen LogP contribution in [0.4, 0.5) is 10.1 Å². The Kier molecular flexibility index (Phi) is 3.67. The molecule has 3 rings (SSSR count). The molecule has 0 spiro atoms. The molecular formula is C15H13ClFNS. The smallest absolute Gasteiger partial charge is 0.146 e. The van der Waals surface area contributed by atoms with E-state index < -0.39 is 0 Å². The van der Waals surface area contributed by atoms with Gasteiger partial charge in [-0.1, -0.05) is 29.8 Å². The topological polar surface area (TPSA) is 12.0 Å². The van der Waals surface area contributed by atoms with E-state index >= 15 is 0 Å². The largest absolute Gasteiger partial charge is 0.382 e. The highest BCUT2D eigenvalue weighted by molar-refractivity contribution is 8.00. The molecule has 4 heteroatoms. The van der Waals surface area contributed by atoms with Gasteiger partial charge in [0, 0.05) is 21.7 Å². The van der Waals surface area contributed by atoms with Crippen molar-refractivity contribution in [2.24, 2.45) is 0 Å². The van der Waals surface area contributed by atoms with Gasteiger partial charge >= 0.3 is 0 Å². The third-order valence-electron chi connectivity index (χ3n) is 3.16. The molecule has 0 bridgehead atoms. The summed E-state index contributed by atoms with van der Waals surface area (Å²) in [6.45, 7) is 0.733. The highest BCUT2D eigenvalue weighted by Gasteiger charge is 2.21. The van der Waals surface area contributed by atoms with Gasteiger partial charge in [-0.15, -0.1) is 11.8 Å². The van der Waals surface area contributed by atoms with Gasteiger partial charge in [0.1, 0.15) is 5.82 Å². The molecule has 0 saturated carbocycles. The minimum absolute atomic E-state index is 0.259. The molecule has 0 aromatic heterocycles. The number of halogens is 2. The minimum atomic E-state index is -0.259. The van der Waals surface area contributed by atoms with E-state index in [0.717, 1.165) is 13.0 Å². The van der Waals surface area contributed by atoms with Gasteiger partial charge in [-0.25, -0.2) is 4.39 Å². The average Bonchev–Trinajstić information content (AvgIpc) is 2.82. The van der Waals surface area contributed by atoms with Crippen LogP contribution in [-0.2, 0) is 6.42 Å². The van der Waals surface area contributed by atoms with Crippen molar-refractivity contribution in [1.29, 1.82) is 0 Å². The maximum absolute atomic E-state index is 13.6. The summed E-state index contributed by atoms with van der Waals surface area (Å²) in [6.07, 6.45) is 1.02. The zero-order chi connectivity index (χ0) is 13.2. The lowest BCUT2D eigenvalue weighted by Gasteiger charge is -2.12. The van der Waals surface area contributed by atoms with Gasteiger partial charge in [-0.05, 0) is 36.2 Å². The summed E-state index contributed by atoms with van der Waals surface area (Å²) >= 11 is 7.72. The first-order valence-electron chi connectivity index (χ1n) is 6.16. The molecule has 2 aromatic carbocycles. The molecule has 1 aliphatic heterocycles. The Morgan fingerprint density at radius 2 is 2.11 bits per heavy atom. The summed E-state index contributed by atoms with van der Waals surface area (Å²) in [6, 6.07) is 13.0. The van der Waals surface area contributed by atoms with Crippen LogP contribution < -0.4 is 5.32 Å². The second kappa shape index (κ2) is 5.43. The highest BCUT2D eigenvalue weighted by Crippen LogP contribution is 2.36. The number of hydrogen-bond donors (Lipinski definition) is 1. The molecule has 0 radical (unpaired) electrons. The number of nitrogens with one attached hydrogen (secondary N) is 1. The van der Waals surface area contributed by atoms with E-state index in [1.54, 1.807) is 12.1 Å². The van der Waals surface area contributed by atoms with Crippen LogP contribution in [-0.4, -0.2) is 11.8 Å². The highest BCUT2D eigenvalue weighted by atomic mass is 35.5. The molecular weight excluding hydrogens is 281 g/mol. The number of benzene rings is 2. The maximum Gasteiger partial charge on any atom is 0.146 e. The molecule has 0 amide bonds. The quantitative estimate of drug-likeness (QED) is 0.887. The lowest BCUT2D eigenvalue weighted by atomic mass is 10.1. The third kappa shape index (κ3) is 2.88. The van der Waals surface area contributed by atoms with E-state index in [0.29, 0.717) is 16.0 Å². The molecule has 19 heavy (non-hydrogen) atoms. The van der Waals surface area contributed by atoms with Gasteiger partial charge in [0.2, 0.25) is 0 Å². The van der Waals surface area contributed by atoms with Gasteiger partial charge in [-0.2, -0.15) is 0 Å². The number of fused-ring (bicyclic) bond motifs is 1. The van der Waals surface area contributed by atoms with Gasteiger partial charge < -0.3 is 5.32 Å². The molecule has 0 saturated heterocycles. The number of hydrogen-bond acceptors (Lipinski definition) is 2. The van der Waals surface area contributed by atoms with Crippen molar-refractivity contribution in [3.8, 4) is 0 Å². The normalized spacial score (nSPS) is 17.3. The number of rotatable bonds is 3. The zero-order valence-electron chi connectivity index (χ0n) is 10.2. The van der Waals surface area contributed by atoms with Crippen LogP contribution in [0.25, 0.3) is 0 Å². The summed E-state index contributed by atoms with van der Waals surface area (Å²) in [4.78, 5) is 1.33. The Bertz CT molecular complexity index is 577. The number of anilines is 1. The molecule has 0 fully saturated rings. The Morgan fingerprint density at radius 1 is 1.26 bits per heavy atom. The van der Waals surface area contributed by atoms with Gasteiger partial charge in [-0.3, -0.25) is 0 Å². The fourth-order valence-corrected chi connectivity index (χ4v) is 3.65. The van der Waals surface area contributed by atoms with Crippen LogP contribution >= 0.6 is 23.4 Å². The Morgan fingerprint density at radius 3 is 2.95 bits per heavy atom.